The predicted octanol–water partition coefficient (Wildman–Crippen LogP) is 0.873. The Hall–Kier alpha value is -1.49. The summed E-state index contributed by atoms with van der Waals surface area (Å²) in [6.07, 6.45) is 0.830. The van der Waals surface area contributed by atoms with Crippen LogP contribution in [0.1, 0.15) is 42.5 Å². The topological polar surface area (TPSA) is 75.1 Å². The molecule has 1 aliphatic rings. The fourth-order valence-electron chi connectivity index (χ4n) is 1.98. The van der Waals surface area contributed by atoms with E-state index in [2.05, 4.69) is 15.3 Å². The highest BCUT2D eigenvalue weighted by atomic mass is 16.4. The Morgan fingerprint density at radius 2 is 2.24 bits per heavy atom. The highest BCUT2D eigenvalue weighted by molar-refractivity contribution is 5.70. The largest absolute Gasteiger partial charge is 0.481 e. The molecule has 1 aromatic heterocycles. The summed E-state index contributed by atoms with van der Waals surface area (Å²) >= 11 is 0. The van der Waals surface area contributed by atoms with Crippen molar-refractivity contribution in [1.29, 1.82) is 0 Å². The molecule has 5 heteroatoms. The second-order valence-corrected chi connectivity index (χ2v) is 4.61. The van der Waals surface area contributed by atoms with Gasteiger partial charge in [-0.1, -0.05) is 13.8 Å². The third-order valence-electron chi connectivity index (χ3n) is 2.87. The Morgan fingerprint density at radius 1 is 1.47 bits per heavy atom. The van der Waals surface area contributed by atoms with Crippen LogP contribution in [0.4, 0.5) is 0 Å². The van der Waals surface area contributed by atoms with E-state index in [4.69, 9.17) is 5.11 Å². The Balaban J connectivity index is 2.46. The molecule has 2 rings (SSSR count). The van der Waals surface area contributed by atoms with Crippen molar-refractivity contribution in [3.8, 4) is 0 Å². The zero-order valence-corrected chi connectivity index (χ0v) is 10.2. The van der Waals surface area contributed by atoms with Crippen molar-refractivity contribution < 1.29 is 9.90 Å². The Labute approximate surface area is 100 Å². The van der Waals surface area contributed by atoms with E-state index in [0.717, 1.165) is 30.0 Å². The number of hydrogen-bond donors (Lipinski definition) is 2. The van der Waals surface area contributed by atoms with Gasteiger partial charge in [-0.3, -0.25) is 4.79 Å². The number of rotatable bonds is 3. The van der Waals surface area contributed by atoms with Crippen molar-refractivity contribution in [2.45, 2.75) is 39.2 Å². The minimum atomic E-state index is -0.842. The van der Waals surface area contributed by atoms with Crippen LogP contribution in [0.3, 0.4) is 0 Å². The molecule has 92 valence electrons. The van der Waals surface area contributed by atoms with Crippen LogP contribution in [0.25, 0.3) is 0 Å². The van der Waals surface area contributed by atoms with E-state index in [9.17, 15) is 4.79 Å². The number of fused-ring (bicyclic) bond motifs is 1. The smallest absolute Gasteiger partial charge is 0.309 e. The first-order chi connectivity index (χ1) is 8.08. The molecular weight excluding hydrogens is 218 g/mol. The van der Waals surface area contributed by atoms with Gasteiger partial charge in [0.2, 0.25) is 0 Å². The van der Waals surface area contributed by atoms with E-state index in [1.165, 1.54) is 0 Å². The molecule has 0 atom stereocenters. The fourth-order valence-corrected chi connectivity index (χ4v) is 1.98. The molecule has 2 heterocycles. The maximum atomic E-state index is 10.9. The molecule has 17 heavy (non-hydrogen) atoms. The normalized spacial score (nSPS) is 14.8. The predicted molar refractivity (Wildman–Crippen MR) is 62.9 cm³/mol. The van der Waals surface area contributed by atoms with E-state index >= 15 is 0 Å². The zero-order chi connectivity index (χ0) is 12.4. The Morgan fingerprint density at radius 3 is 2.88 bits per heavy atom. The summed E-state index contributed by atoms with van der Waals surface area (Å²) in [6, 6.07) is 0. The molecule has 0 saturated heterocycles. The van der Waals surface area contributed by atoms with Crippen molar-refractivity contribution in [3.05, 3.63) is 22.8 Å². The van der Waals surface area contributed by atoms with Gasteiger partial charge in [-0.25, -0.2) is 9.97 Å². The zero-order valence-electron chi connectivity index (χ0n) is 10.2. The lowest BCUT2D eigenvalue weighted by atomic mass is 10.0. The quantitative estimate of drug-likeness (QED) is 0.813. The number of nitrogens with one attached hydrogen (secondary N) is 1. The minimum absolute atomic E-state index is 0.0216. The monoisotopic (exact) mass is 235 g/mol. The van der Waals surface area contributed by atoms with E-state index in [-0.39, 0.29) is 12.3 Å². The Kier molecular flexibility index (Phi) is 3.38. The van der Waals surface area contributed by atoms with Crippen LogP contribution in [0.2, 0.25) is 0 Å². The third kappa shape index (κ3) is 2.61. The third-order valence-corrected chi connectivity index (χ3v) is 2.87. The molecule has 2 N–H and O–H groups in total. The highest BCUT2D eigenvalue weighted by Crippen LogP contribution is 2.19. The summed E-state index contributed by atoms with van der Waals surface area (Å²) in [5, 5.41) is 12.1. The van der Waals surface area contributed by atoms with Gasteiger partial charge in [0.1, 0.15) is 5.82 Å². The van der Waals surface area contributed by atoms with Gasteiger partial charge in [-0.2, -0.15) is 0 Å². The molecule has 1 aromatic rings. The molecule has 0 amide bonds. The van der Waals surface area contributed by atoms with Gasteiger partial charge in [0.15, 0.2) is 0 Å². The lowest BCUT2D eigenvalue weighted by molar-refractivity contribution is -0.136. The molecule has 0 fully saturated rings. The highest BCUT2D eigenvalue weighted by Gasteiger charge is 2.19. The van der Waals surface area contributed by atoms with Gasteiger partial charge in [0.25, 0.3) is 0 Å². The molecule has 0 aliphatic carbocycles. The number of carboxylic acid groups (broad SMARTS) is 1. The summed E-state index contributed by atoms with van der Waals surface area (Å²) in [6.45, 7) is 5.62. The molecule has 0 unspecified atom stereocenters. The molecule has 0 aromatic carbocycles. The Bertz CT molecular complexity index is 444. The van der Waals surface area contributed by atoms with Crippen molar-refractivity contribution in [3.63, 3.8) is 0 Å². The lowest BCUT2D eigenvalue weighted by Crippen LogP contribution is -2.28. The summed E-state index contributed by atoms with van der Waals surface area (Å²) in [5.74, 6) is 0.135. The van der Waals surface area contributed by atoms with E-state index in [0.29, 0.717) is 12.2 Å². The average Bonchev–Trinajstić information content (AvgIpc) is 2.28. The van der Waals surface area contributed by atoms with Gasteiger partial charge in [-0.15, -0.1) is 0 Å². The van der Waals surface area contributed by atoms with E-state index in [1.807, 2.05) is 13.8 Å². The maximum absolute atomic E-state index is 10.9. The maximum Gasteiger partial charge on any atom is 0.309 e. The molecule has 0 bridgehead atoms. The van der Waals surface area contributed by atoms with Crippen molar-refractivity contribution in [2.24, 2.45) is 0 Å². The van der Waals surface area contributed by atoms with Gasteiger partial charge in [0, 0.05) is 31.0 Å². The molecular formula is C12H17N3O2. The second-order valence-electron chi connectivity index (χ2n) is 4.61. The first-order valence-corrected chi connectivity index (χ1v) is 5.89. The first-order valence-electron chi connectivity index (χ1n) is 5.89. The van der Waals surface area contributed by atoms with Crippen LogP contribution in [-0.2, 0) is 24.2 Å². The van der Waals surface area contributed by atoms with Crippen molar-refractivity contribution in [2.75, 3.05) is 6.54 Å². The average molecular weight is 235 g/mol. The minimum Gasteiger partial charge on any atom is -0.481 e. The van der Waals surface area contributed by atoms with Crippen LogP contribution in [0.15, 0.2) is 0 Å². The van der Waals surface area contributed by atoms with Gasteiger partial charge < -0.3 is 10.4 Å². The van der Waals surface area contributed by atoms with Crippen LogP contribution in [0, 0.1) is 0 Å². The van der Waals surface area contributed by atoms with Crippen LogP contribution in [-0.4, -0.2) is 27.6 Å². The van der Waals surface area contributed by atoms with Crippen molar-refractivity contribution in [1.82, 2.24) is 15.3 Å². The number of carbonyl (C=O) groups is 1. The summed E-state index contributed by atoms with van der Waals surface area (Å²) < 4.78 is 0. The van der Waals surface area contributed by atoms with E-state index < -0.39 is 5.97 Å². The molecule has 1 aliphatic heterocycles. The summed E-state index contributed by atoms with van der Waals surface area (Å²) in [4.78, 5) is 19.8. The SMILES string of the molecule is CC(C)c1nc2c(c(CC(=O)O)n1)CNCC2. The number of nitrogens with zero attached hydrogens (tertiary/aromatic N) is 2. The lowest BCUT2D eigenvalue weighted by Gasteiger charge is -2.20. The summed E-state index contributed by atoms with van der Waals surface area (Å²) in [7, 11) is 0. The number of carboxylic acids is 1. The van der Waals surface area contributed by atoms with E-state index in [1.54, 1.807) is 0 Å². The van der Waals surface area contributed by atoms with Gasteiger partial charge >= 0.3 is 5.97 Å². The number of hydrogen-bond acceptors (Lipinski definition) is 4. The van der Waals surface area contributed by atoms with Crippen molar-refractivity contribution >= 4 is 5.97 Å². The first kappa shape index (κ1) is 12.0. The fraction of sp³-hybridized carbons (Fsp3) is 0.583. The van der Waals surface area contributed by atoms with Crippen LogP contribution >= 0.6 is 0 Å². The van der Waals surface area contributed by atoms with Gasteiger partial charge in [0.05, 0.1) is 17.8 Å². The number of aromatic nitrogens is 2. The van der Waals surface area contributed by atoms with Gasteiger partial charge in [-0.05, 0) is 0 Å². The standard InChI is InChI=1S/C12H17N3O2/c1-7(2)12-14-9-3-4-13-6-8(9)10(15-12)5-11(16)17/h7,13H,3-6H2,1-2H3,(H,16,17). The summed E-state index contributed by atoms with van der Waals surface area (Å²) in [5.41, 5.74) is 2.65. The molecule has 0 saturated carbocycles. The molecule has 0 radical (unpaired) electrons. The number of aliphatic carboxylic acids is 1. The second kappa shape index (κ2) is 4.79. The van der Waals surface area contributed by atoms with Crippen LogP contribution < -0.4 is 5.32 Å². The van der Waals surface area contributed by atoms with Crippen LogP contribution in [0.5, 0.6) is 0 Å². The molecule has 5 nitrogen and oxygen atoms in total. The molecule has 0 spiro atoms.